The summed E-state index contributed by atoms with van der Waals surface area (Å²) in [4.78, 5) is 23.4. The van der Waals surface area contributed by atoms with E-state index in [-0.39, 0.29) is 6.03 Å². The minimum absolute atomic E-state index is 0.0181. The summed E-state index contributed by atoms with van der Waals surface area (Å²) >= 11 is 0. The predicted octanol–water partition coefficient (Wildman–Crippen LogP) is 3.48. The maximum absolute atomic E-state index is 12.8. The number of aryl methyl sites for hydroxylation is 1. The smallest absolute Gasteiger partial charge is 0.322 e. The average Bonchev–Trinajstić information content (AvgIpc) is 3.35. The number of rotatable bonds is 5. The molecule has 0 unspecified atom stereocenters. The van der Waals surface area contributed by atoms with Crippen molar-refractivity contribution in [2.45, 2.75) is 32.2 Å². The molecule has 1 N–H and O–H groups in total. The van der Waals surface area contributed by atoms with E-state index in [9.17, 15) is 4.79 Å². The van der Waals surface area contributed by atoms with Crippen molar-refractivity contribution >= 4 is 11.7 Å². The third-order valence-electron chi connectivity index (χ3n) is 4.91. The number of amides is 2. The lowest BCUT2D eigenvalue weighted by Crippen LogP contribution is -2.40. The monoisotopic (exact) mass is 352 g/mol. The first-order chi connectivity index (χ1) is 12.7. The van der Waals surface area contributed by atoms with E-state index < -0.39 is 0 Å². The fourth-order valence-electron chi connectivity index (χ4n) is 3.36. The summed E-state index contributed by atoms with van der Waals surface area (Å²) in [5, 5.41) is 3.06. The average molecular weight is 352 g/mol. The highest BCUT2D eigenvalue weighted by Crippen LogP contribution is 2.30. The highest BCUT2D eigenvalue weighted by molar-refractivity contribution is 5.90. The molecule has 0 spiro atoms. The van der Waals surface area contributed by atoms with Gasteiger partial charge in [-0.15, -0.1) is 0 Å². The van der Waals surface area contributed by atoms with E-state index in [1.807, 2.05) is 42.2 Å². The molecule has 2 fully saturated rings. The Kier molecular flexibility index (Phi) is 4.84. The summed E-state index contributed by atoms with van der Waals surface area (Å²) in [5.41, 5.74) is 2.61. The Morgan fingerprint density at radius 2 is 2.19 bits per heavy atom. The van der Waals surface area contributed by atoms with Crippen LogP contribution < -0.4 is 5.32 Å². The standard InChI is InChI=1S/C20H24N4O2/c1-14-21-9-7-19(22-14)16-3-2-4-17(11-16)23-20(25)24(18-5-6-18)12-15-8-10-26-13-15/h2-4,7,9,11,15,18H,5-6,8,10,12-13H2,1H3,(H,23,25)/t15-/m0/s1. The van der Waals surface area contributed by atoms with Gasteiger partial charge in [0.05, 0.1) is 12.3 Å². The van der Waals surface area contributed by atoms with Crippen LogP contribution in [0.2, 0.25) is 0 Å². The van der Waals surface area contributed by atoms with Gasteiger partial charge in [-0.05, 0) is 44.4 Å². The van der Waals surface area contributed by atoms with Crippen molar-refractivity contribution in [2.24, 2.45) is 5.92 Å². The van der Waals surface area contributed by atoms with Crippen molar-refractivity contribution in [3.8, 4) is 11.3 Å². The molecule has 1 aromatic heterocycles. The van der Waals surface area contributed by atoms with Gasteiger partial charge in [0, 0.05) is 42.6 Å². The van der Waals surface area contributed by atoms with Crippen molar-refractivity contribution < 1.29 is 9.53 Å². The maximum Gasteiger partial charge on any atom is 0.322 e. The van der Waals surface area contributed by atoms with E-state index in [4.69, 9.17) is 4.74 Å². The van der Waals surface area contributed by atoms with Crippen LogP contribution in [0.1, 0.15) is 25.1 Å². The molecular weight excluding hydrogens is 328 g/mol. The second-order valence-corrected chi connectivity index (χ2v) is 7.11. The zero-order chi connectivity index (χ0) is 17.9. The highest BCUT2D eigenvalue weighted by atomic mass is 16.5. The summed E-state index contributed by atoms with van der Waals surface area (Å²) in [7, 11) is 0. The molecule has 6 nitrogen and oxygen atoms in total. The van der Waals surface area contributed by atoms with Crippen LogP contribution in [-0.2, 0) is 4.74 Å². The fourth-order valence-corrected chi connectivity index (χ4v) is 3.36. The Morgan fingerprint density at radius 1 is 1.31 bits per heavy atom. The van der Waals surface area contributed by atoms with Crippen molar-refractivity contribution in [3.05, 3.63) is 42.4 Å². The molecule has 0 bridgehead atoms. The summed E-state index contributed by atoms with van der Waals surface area (Å²) in [6, 6.07) is 10.0. The lowest BCUT2D eigenvalue weighted by molar-refractivity contribution is 0.167. The van der Waals surface area contributed by atoms with Crippen molar-refractivity contribution in [1.29, 1.82) is 0 Å². The fraction of sp³-hybridized carbons (Fsp3) is 0.450. The normalized spacial score (nSPS) is 19.3. The topological polar surface area (TPSA) is 67.4 Å². The van der Waals surface area contributed by atoms with Gasteiger partial charge < -0.3 is 15.0 Å². The number of aromatic nitrogens is 2. The molecule has 1 saturated carbocycles. The lowest BCUT2D eigenvalue weighted by Gasteiger charge is -2.25. The van der Waals surface area contributed by atoms with Crippen LogP contribution >= 0.6 is 0 Å². The SMILES string of the molecule is Cc1nccc(-c2cccc(NC(=O)N(C[C@@H]3CCOC3)C3CC3)c2)n1. The molecule has 1 atom stereocenters. The molecule has 0 radical (unpaired) electrons. The van der Waals surface area contributed by atoms with Crippen LogP contribution in [0.25, 0.3) is 11.3 Å². The predicted molar refractivity (Wildman–Crippen MR) is 99.9 cm³/mol. The number of benzene rings is 1. The van der Waals surface area contributed by atoms with Crippen LogP contribution in [0.15, 0.2) is 36.5 Å². The third kappa shape index (κ3) is 4.02. The van der Waals surface area contributed by atoms with Crippen LogP contribution in [0.5, 0.6) is 0 Å². The minimum atomic E-state index is -0.0181. The summed E-state index contributed by atoms with van der Waals surface area (Å²) in [6.07, 6.45) is 4.99. The van der Waals surface area contributed by atoms with Crippen molar-refractivity contribution in [2.75, 3.05) is 25.1 Å². The molecule has 1 aliphatic carbocycles. The molecule has 26 heavy (non-hydrogen) atoms. The molecule has 6 heteroatoms. The minimum Gasteiger partial charge on any atom is -0.381 e. The lowest BCUT2D eigenvalue weighted by atomic mass is 10.1. The van der Waals surface area contributed by atoms with E-state index in [0.717, 1.165) is 61.8 Å². The number of ether oxygens (including phenoxy) is 1. The maximum atomic E-state index is 12.8. The van der Waals surface area contributed by atoms with Crippen LogP contribution in [0.4, 0.5) is 10.5 Å². The highest BCUT2D eigenvalue weighted by Gasteiger charge is 2.34. The number of carbonyl (C=O) groups excluding carboxylic acids is 1. The molecule has 2 aromatic rings. The second-order valence-electron chi connectivity index (χ2n) is 7.11. The molecule has 1 aromatic carbocycles. The quantitative estimate of drug-likeness (QED) is 0.894. The largest absolute Gasteiger partial charge is 0.381 e. The molecular formula is C20H24N4O2. The van der Waals surface area contributed by atoms with Gasteiger partial charge in [-0.3, -0.25) is 0 Å². The van der Waals surface area contributed by atoms with E-state index in [0.29, 0.717) is 12.0 Å². The Bertz CT molecular complexity index is 785. The summed E-state index contributed by atoms with van der Waals surface area (Å²) in [6.45, 7) is 4.22. The van der Waals surface area contributed by atoms with Gasteiger partial charge in [-0.1, -0.05) is 12.1 Å². The van der Waals surface area contributed by atoms with Gasteiger partial charge >= 0.3 is 6.03 Å². The number of hydrogen-bond acceptors (Lipinski definition) is 4. The van der Waals surface area contributed by atoms with Crippen molar-refractivity contribution in [3.63, 3.8) is 0 Å². The number of nitrogens with one attached hydrogen (secondary N) is 1. The van der Waals surface area contributed by atoms with Crippen LogP contribution in [-0.4, -0.2) is 46.7 Å². The number of nitrogens with zero attached hydrogens (tertiary/aromatic N) is 3. The first kappa shape index (κ1) is 17.0. The molecule has 2 heterocycles. The van der Waals surface area contributed by atoms with Gasteiger partial charge in [-0.25, -0.2) is 14.8 Å². The van der Waals surface area contributed by atoms with E-state index >= 15 is 0 Å². The van der Waals surface area contributed by atoms with E-state index in [2.05, 4.69) is 15.3 Å². The van der Waals surface area contributed by atoms with Gasteiger partial charge in [0.2, 0.25) is 0 Å². The zero-order valence-corrected chi connectivity index (χ0v) is 15.0. The first-order valence-corrected chi connectivity index (χ1v) is 9.24. The number of anilines is 1. The summed E-state index contributed by atoms with van der Waals surface area (Å²) in [5.74, 6) is 1.19. The Labute approximate surface area is 153 Å². The molecule has 2 aliphatic rings. The van der Waals surface area contributed by atoms with E-state index in [1.54, 1.807) is 6.20 Å². The Balaban J connectivity index is 1.47. The van der Waals surface area contributed by atoms with E-state index in [1.165, 1.54) is 0 Å². The first-order valence-electron chi connectivity index (χ1n) is 9.24. The van der Waals surface area contributed by atoms with Crippen molar-refractivity contribution in [1.82, 2.24) is 14.9 Å². The number of hydrogen-bond donors (Lipinski definition) is 1. The van der Waals surface area contributed by atoms with Crippen LogP contribution in [0.3, 0.4) is 0 Å². The Hall–Kier alpha value is -2.47. The van der Waals surface area contributed by atoms with Gasteiger partial charge in [-0.2, -0.15) is 0 Å². The van der Waals surface area contributed by atoms with Crippen LogP contribution in [0, 0.1) is 12.8 Å². The zero-order valence-electron chi connectivity index (χ0n) is 15.0. The molecule has 4 rings (SSSR count). The molecule has 2 amide bonds. The second kappa shape index (κ2) is 7.41. The molecule has 136 valence electrons. The third-order valence-corrected chi connectivity index (χ3v) is 4.91. The number of urea groups is 1. The summed E-state index contributed by atoms with van der Waals surface area (Å²) < 4.78 is 5.46. The van der Waals surface area contributed by atoms with Gasteiger partial charge in [0.15, 0.2) is 0 Å². The van der Waals surface area contributed by atoms with Gasteiger partial charge in [0.25, 0.3) is 0 Å². The molecule has 1 saturated heterocycles. The van der Waals surface area contributed by atoms with Gasteiger partial charge in [0.1, 0.15) is 5.82 Å². The number of carbonyl (C=O) groups is 1. The Morgan fingerprint density at radius 3 is 2.92 bits per heavy atom. The molecule has 1 aliphatic heterocycles.